The molecule has 8 nitrogen and oxygen atoms in total. The van der Waals surface area contributed by atoms with Gasteiger partial charge in [-0.3, -0.25) is 4.40 Å². The minimum Gasteiger partial charge on any atom is -0.367 e. The summed E-state index contributed by atoms with van der Waals surface area (Å²) in [5.74, 6) is 1.23. The second-order valence-corrected chi connectivity index (χ2v) is 8.97. The molecule has 174 valence electrons. The molecule has 0 spiro atoms. The first kappa shape index (κ1) is 22.3. The zero-order chi connectivity index (χ0) is 23.7. The summed E-state index contributed by atoms with van der Waals surface area (Å²) < 4.78 is 15.5. The number of thiazole rings is 1. The summed E-state index contributed by atoms with van der Waals surface area (Å²) in [6.45, 7) is 8.50. The monoisotopic (exact) mass is 476 g/mol. The maximum atomic E-state index is 13.4. The second-order valence-electron chi connectivity index (χ2n) is 7.99. The number of imidazole rings is 1. The molecule has 34 heavy (non-hydrogen) atoms. The van der Waals surface area contributed by atoms with Crippen LogP contribution in [0.5, 0.6) is 0 Å². The van der Waals surface area contributed by atoms with Crippen LogP contribution in [0.25, 0.3) is 17.0 Å². The van der Waals surface area contributed by atoms with Crippen molar-refractivity contribution in [2.45, 2.75) is 20.3 Å². The fourth-order valence-corrected chi connectivity index (χ4v) is 5.20. The molecular weight excluding hydrogens is 451 g/mol. The molecule has 10 heteroatoms. The molecule has 0 unspecified atom stereocenters. The number of aryl methyl sites for hydroxylation is 1. The van der Waals surface area contributed by atoms with Crippen LogP contribution in [-0.4, -0.2) is 52.1 Å². The predicted molar refractivity (Wildman–Crippen MR) is 132 cm³/mol. The van der Waals surface area contributed by atoms with Crippen molar-refractivity contribution in [2.75, 3.05) is 42.5 Å². The van der Waals surface area contributed by atoms with Gasteiger partial charge in [0.2, 0.25) is 5.78 Å². The fraction of sp³-hybridized carbons (Fsp3) is 0.333. The molecule has 1 aliphatic rings. The molecule has 1 saturated heterocycles. The number of nitriles is 1. The number of aromatic nitrogens is 4. The number of piperazine rings is 1. The molecule has 3 aromatic heterocycles. The lowest BCUT2D eigenvalue weighted by atomic mass is 10.1. The summed E-state index contributed by atoms with van der Waals surface area (Å²) in [6, 6.07) is 8.34. The van der Waals surface area contributed by atoms with E-state index >= 15 is 0 Å². The van der Waals surface area contributed by atoms with Gasteiger partial charge in [-0.15, -0.1) is 0 Å². The quantitative estimate of drug-likeness (QED) is 0.450. The fourth-order valence-electron chi connectivity index (χ4n) is 4.25. The van der Waals surface area contributed by atoms with Crippen molar-refractivity contribution in [2.24, 2.45) is 0 Å². The van der Waals surface area contributed by atoms with Gasteiger partial charge in [-0.2, -0.15) is 5.26 Å². The van der Waals surface area contributed by atoms with Gasteiger partial charge in [-0.25, -0.2) is 19.3 Å². The number of fused-ring (bicyclic) bond motifs is 1. The highest BCUT2D eigenvalue weighted by molar-refractivity contribution is 7.16. The minimum absolute atomic E-state index is 0.320. The summed E-state index contributed by atoms with van der Waals surface area (Å²) in [5.41, 5.74) is 3.25. The molecule has 4 aromatic rings. The Hall–Kier alpha value is -3.55. The molecule has 4 heterocycles. The number of nitrogens with one attached hydrogen (secondary N) is 1. The largest absolute Gasteiger partial charge is 0.367 e. The molecule has 1 fully saturated rings. The van der Waals surface area contributed by atoms with Crippen molar-refractivity contribution >= 4 is 33.8 Å². The van der Waals surface area contributed by atoms with Crippen LogP contribution >= 0.6 is 11.3 Å². The molecule has 0 bridgehead atoms. The lowest BCUT2D eigenvalue weighted by Gasteiger charge is -2.29. The Morgan fingerprint density at radius 1 is 1.18 bits per heavy atom. The molecule has 1 aliphatic heterocycles. The Bertz CT molecular complexity index is 1350. The summed E-state index contributed by atoms with van der Waals surface area (Å²) in [7, 11) is 0. The van der Waals surface area contributed by atoms with E-state index < -0.39 is 0 Å². The summed E-state index contributed by atoms with van der Waals surface area (Å²) >= 11 is 1.33. The molecule has 0 radical (unpaired) electrons. The predicted octanol–water partition coefficient (Wildman–Crippen LogP) is 3.99. The zero-order valence-electron chi connectivity index (χ0n) is 19.1. The van der Waals surface area contributed by atoms with E-state index in [9.17, 15) is 9.65 Å². The molecule has 5 rings (SSSR count). The van der Waals surface area contributed by atoms with Crippen LogP contribution in [0.2, 0.25) is 0 Å². The van der Waals surface area contributed by atoms with Crippen molar-refractivity contribution in [3.8, 4) is 17.3 Å². The maximum absolute atomic E-state index is 13.4. The van der Waals surface area contributed by atoms with E-state index in [2.05, 4.69) is 46.2 Å². The Morgan fingerprint density at radius 2 is 1.94 bits per heavy atom. The maximum Gasteiger partial charge on any atom is 0.235 e. The molecule has 0 saturated carbocycles. The van der Waals surface area contributed by atoms with Crippen molar-refractivity contribution < 1.29 is 4.39 Å². The molecule has 0 aliphatic carbocycles. The topological polar surface area (TPSA) is 85.4 Å². The first-order chi connectivity index (χ1) is 16.6. The third-order valence-electron chi connectivity index (χ3n) is 5.97. The molecular formula is C24H25FN8S. The van der Waals surface area contributed by atoms with Gasteiger partial charge in [0.1, 0.15) is 28.3 Å². The van der Waals surface area contributed by atoms with Gasteiger partial charge < -0.3 is 15.1 Å². The van der Waals surface area contributed by atoms with E-state index in [0.29, 0.717) is 33.6 Å². The first-order valence-electron chi connectivity index (χ1n) is 11.4. The van der Waals surface area contributed by atoms with Crippen LogP contribution < -0.4 is 15.1 Å². The Kier molecular flexibility index (Phi) is 6.13. The van der Waals surface area contributed by atoms with E-state index in [-0.39, 0.29) is 5.82 Å². The second kappa shape index (κ2) is 9.37. The van der Waals surface area contributed by atoms with Crippen molar-refractivity contribution in [3.63, 3.8) is 0 Å². The number of halogens is 1. The van der Waals surface area contributed by atoms with Crippen LogP contribution in [0.15, 0.2) is 36.7 Å². The minimum atomic E-state index is -0.320. The van der Waals surface area contributed by atoms with Gasteiger partial charge in [0.25, 0.3) is 0 Å². The summed E-state index contributed by atoms with van der Waals surface area (Å²) in [4.78, 5) is 19.1. The van der Waals surface area contributed by atoms with Gasteiger partial charge in [0, 0.05) is 44.5 Å². The average Bonchev–Trinajstić information content (AvgIpc) is 3.47. The van der Waals surface area contributed by atoms with Gasteiger partial charge in [-0.1, -0.05) is 18.3 Å². The van der Waals surface area contributed by atoms with E-state index in [1.807, 2.05) is 10.6 Å². The highest BCUT2D eigenvalue weighted by atomic mass is 32.1. The van der Waals surface area contributed by atoms with Crippen LogP contribution in [-0.2, 0) is 6.42 Å². The van der Waals surface area contributed by atoms with E-state index in [1.165, 1.54) is 23.5 Å². The lowest BCUT2D eigenvalue weighted by Crippen LogP contribution is -2.43. The normalized spacial score (nSPS) is 13.9. The molecule has 0 atom stereocenters. The number of nitrogens with zero attached hydrogens (tertiary/aromatic N) is 7. The molecule has 0 amide bonds. The summed E-state index contributed by atoms with van der Waals surface area (Å²) in [6.07, 6.45) is 4.72. The van der Waals surface area contributed by atoms with Crippen LogP contribution in [0.4, 0.5) is 21.0 Å². The Labute approximate surface area is 201 Å². The van der Waals surface area contributed by atoms with Crippen molar-refractivity contribution in [3.05, 3.63) is 53.0 Å². The van der Waals surface area contributed by atoms with Gasteiger partial charge in [-0.05, 0) is 37.6 Å². The smallest absolute Gasteiger partial charge is 0.235 e. The third kappa shape index (κ3) is 3.97. The highest BCUT2D eigenvalue weighted by Crippen LogP contribution is 2.37. The van der Waals surface area contributed by atoms with Crippen LogP contribution in [0, 0.1) is 17.1 Å². The van der Waals surface area contributed by atoms with E-state index in [1.54, 1.807) is 12.1 Å². The highest BCUT2D eigenvalue weighted by Gasteiger charge is 2.24. The Balaban J connectivity index is 1.61. The SMILES string of the molecule is CCc1nc2ncc(N3CCNCC3)cn2c1N(CC)c1nc(-c2ccc(F)cc2)c(C#N)s1. The number of anilines is 3. The van der Waals surface area contributed by atoms with Crippen molar-refractivity contribution in [1.82, 2.24) is 24.7 Å². The van der Waals surface area contributed by atoms with E-state index in [0.717, 1.165) is 49.8 Å². The zero-order valence-corrected chi connectivity index (χ0v) is 19.9. The third-order valence-corrected chi connectivity index (χ3v) is 6.95. The van der Waals surface area contributed by atoms with Crippen LogP contribution in [0.1, 0.15) is 24.4 Å². The average molecular weight is 477 g/mol. The van der Waals surface area contributed by atoms with Crippen molar-refractivity contribution in [1.29, 1.82) is 5.26 Å². The number of hydrogen-bond donors (Lipinski definition) is 1. The van der Waals surface area contributed by atoms with Gasteiger partial charge >= 0.3 is 0 Å². The number of hydrogen-bond acceptors (Lipinski definition) is 8. The molecule has 1 N–H and O–H groups in total. The first-order valence-corrected chi connectivity index (χ1v) is 12.2. The lowest BCUT2D eigenvalue weighted by molar-refractivity contribution is 0.588. The van der Waals surface area contributed by atoms with Gasteiger partial charge in [0.05, 0.1) is 17.6 Å². The molecule has 1 aromatic carbocycles. The number of rotatable bonds is 6. The van der Waals surface area contributed by atoms with Gasteiger partial charge in [0.15, 0.2) is 5.13 Å². The Morgan fingerprint density at radius 3 is 2.62 bits per heavy atom. The van der Waals surface area contributed by atoms with Crippen LogP contribution in [0.3, 0.4) is 0 Å². The standard InChI is InChI=1S/C24H25FN8S/c1-3-19-22(33-15-18(14-28-23(33)29-19)31-11-9-27-10-12-31)32(4-2)24-30-21(20(13-26)34-24)16-5-7-17(25)8-6-16/h5-8,14-15,27H,3-4,9-12H2,1-2H3. The number of benzene rings is 1. The van der Waals surface area contributed by atoms with E-state index in [4.69, 9.17) is 9.97 Å². The summed E-state index contributed by atoms with van der Waals surface area (Å²) in [5, 5.41) is 13.9.